The number of aromatic hydroxyl groups is 1. The van der Waals surface area contributed by atoms with E-state index in [1.807, 2.05) is 66.7 Å². The molecule has 33 heavy (non-hydrogen) atoms. The summed E-state index contributed by atoms with van der Waals surface area (Å²) in [5.41, 5.74) is 11.7. The number of hydrogen-bond acceptors (Lipinski definition) is 3. The van der Waals surface area contributed by atoms with E-state index in [4.69, 9.17) is 5.73 Å². The van der Waals surface area contributed by atoms with E-state index in [-0.39, 0.29) is 5.75 Å². The zero-order chi connectivity index (χ0) is 22.9. The highest BCUT2D eigenvalue weighted by molar-refractivity contribution is 5.78. The summed E-state index contributed by atoms with van der Waals surface area (Å²) in [4.78, 5) is 2.17. The van der Waals surface area contributed by atoms with Gasteiger partial charge in [0.1, 0.15) is 5.75 Å². The maximum absolute atomic E-state index is 9.62. The highest BCUT2D eigenvalue weighted by Gasteiger charge is 2.12. The van der Waals surface area contributed by atoms with E-state index in [9.17, 15) is 5.11 Å². The Kier molecular flexibility index (Phi) is 7.04. The number of benzene rings is 5. The van der Waals surface area contributed by atoms with Crippen LogP contribution in [0, 0.1) is 0 Å². The lowest BCUT2D eigenvalue weighted by molar-refractivity contribution is 0.475. The van der Waals surface area contributed by atoms with E-state index >= 15 is 0 Å². The molecular formula is C30H26N2O. The normalized spacial score (nSPS) is 10.1. The molecule has 0 saturated heterocycles. The second kappa shape index (κ2) is 10.7. The molecule has 0 aliphatic rings. The second-order valence-corrected chi connectivity index (χ2v) is 7.51. The quantitative estimate of drug-likeness (QED) is 0.286. The molecule has 0 radical (unpaired) electrons. The van der Waals surface area contributed by atoms with Crippen molar-refractivity contribution >= 4 is 22.7 Å². The third-order valence-electron chi connectivity index (χ3n) is 5.15. The summed E-state index contributed by atoms with van der Waals surface area (Å²) in [5, 5.41) is 9.62. The van der Waals surface area contributed by atoms with Crippen molar-refractivity contribution < 1.29 is 5.11 Å². The number of hydrogen-bond donors (Lipinski definition) is 2. The fraction of sp³-hybridized carbons (Fsp3) is 0. The summed E-state index contributed by atoms with van der Waals surface area (Å²) < 4.78 is 0. The van der Waals surface area contributed by atoms with Crippen molar-refractivity contribution in [3.05, 3.63) is 140 Å². The van der Waals surface area contributed by atoms with Gasteiger partial charge in [0.25, 0.3) is 0 Å². The number of nitrogens with two attached hydrogens (primary N) is 1. The van der Waals surface area contributed by atoms with Gasteiger partial charge in [0.05, 0.1) is 0 Å². The van der Waals surface area contributed by atoms with Gasteiger partial charge in [0.2, 0.25) is 0 Å². The van der Waals surface area contributed by atoms with Crippen LogP contribution >= 0.6 is 0 Å². The van der Waals surface area contributed by atoms with Crippen LogP contribution in [-0.2, 0) is 0 Å². The zero-order valence-electron chi connectivity index (χ0n) is 18.3. The standard InChI is InChI=1S/C24H19NO.C6H7N/c26-24-17-15-23(16-18-24)25(21-9-5-2-6-10-21)22-13-11-20(12-14-22)19-7-3-1-4-8-19;7-6-4-2-1-3-5-6/h1-18,26H;1-5H,7H2. The Morgan fingerprint density at radius 2 is 0.818 bits per heavy atom. The lowest BCUT2D eigenvalue weighted by Gasteiger charge is -2.25. The first-order valence-corrected chi connectivity index (χ1v) is 10.8. The van der Waals surface area contributed by atoms with Gasteiger partial charge in [0, 0.05) is 22.7 Å². The molecule has 5 rings (SSSR count). The van der Waals surface area contributed by atoms with Crippen LogP contribution in [0.4, 0.5) is 22.7 Å². The average molecular weight is 431 g/mol. The summed E-state index contributed by atoms with van der Waals surface area (Å²) >= 11 is 0. The molecule has 5 aromatic rings. The lowest BCUT2D eigenvalue weighted by atomic mass is 10.0. The Morgan fingerprint density at radius 1 is 0.424 bits per heavy atom. The van der Waals surface area contributed by atoms with Crippen molar-refractivity contribution in [3.63, 3.8) is 0 Å². The van der Waals surface area contributed by atoms with Crippen LogP contribution < -0.4 is 10.6 Å². The fourth-order valence-electron chi connectivity index (χ4n) is 3.51. The largest absolute Gasteiger partial charge is 0.508 e. The van der Waals surface area contributed by atoms with Crippen molar-refractivity contribution in [2.75, 3.05) is 10.6 Å². The Labute approximate surface area is 195 Å². The molecule has 5 aromatic carbocycles. The van der Waals surface area contributed by atoms with Crippen LogP contribution in [0.5, 0.6) is 5.75 Å². The minimum Gasteiger partial charge on any atom is -0.508 e. The number of anilines is 4. The molecule has 0 fully saturated rings. The van der Waals surface area contributed by atoms with Crippen molar-refractivity contribution in [1.82, 2.24) is 0 Å². The van der Waals surface area contributed by atoms with Gasteiger partial charge < -0.3 is 15.7 Å². The smallest absolute Gasteiger partial charge is 0.115 e. The van der Waals surface area contributed by atoms with Crippen LogP contribution in [-0.4, -0.2) is 5.11 Å². The van der Waals surface area contributed by atoms with Crippen LogP contribution in [0.3, 0.4) is 0 Å². The van der Waals surface area contributed by atoms with Gasteiger partial charge in [-0.3, -0.25) is 0 Å². The third kappa shape index (κ3) is 5.81. The van der Waals surface area contributed by atoms with Gasteiger partial charge in [-0.15, -0.1) is 0 Å². The Morgan fingerprint density at radius 3 is 1.30 bits per heavy atom. The van der Waals surface area contributed by atoms with Gasteiger partial charge in [-0.1, -0.05) is 78.9 Å². The molecular weight excluding hydrogens is 404 g/mol. The van der Waals surface area contributed by atoms with E-state index in [1.54, 1.807) is 12.1 Å². The Bertz CT molecular complexity index is 1240. The molecule has 3 heteroatoms. The van der Waals surface area contributed by atoms with Crippen molar-refractivity contribution in [3.8, 4) is 16.9 Å². The van der Waals surface area contributed by atoms with Gasteiger partial charge in [-0.2, -0.15) is 0 Å². The summed E-state index contributed by atoms with van der Waals surface area (Å²) in [6, 6.07) is 45.9. The molecule has 162 valence electrons. The molecule has 0 aromatic heterocycles. The highest BCUT2D eigenvalue weighted by Crippen LogP contribution is 2.35. The van der Waals surface area contributed by atoms with Gasteiger partial charge in [0.15, 0.2) is 0 Å². The highest BCUT2D eigenvalue weighted by atomic mass is 16.3. The summed E-state index contributed by atoms with van der Waals surface area (Å²) in [7, 11) is 0. The molecule has 0 spiro atoms. The molecule has 0 saturated carbocycles. The molecule has 0 heterocycles. The van der Waals surface area contributed by atoms with Gasteiger partial charge in [-0.05, 0) is 71.8 Å². The Hall–Kier alpha value is -4.50. The summed E-state index contributed by atoms with van der Waals surface area (Å²) in [5.74, 6) is 0.265. The van der Waals surface area contributed by atoms with Crippen LogP contribution in [0.1, 0.15) is 0 Å². The minimum atomic E-state index is 0.265. The van der Waals surface area contributed by atoms with Gasteiger partial charge >= 0.3 is 0 Å². The monoisotopic (exact) mass is 430 g/mol. The summed E-state index contributed by atoms with van der Waals surface area (Å²) in [6.45, 7) is 0. The number of para-hydroxylation sites is 2. The predicted molar refractivity (Wildman–Crippen MR) is 139 cm³/mol. The number of nitrogen functional groups attached to an aromatic ring is 1. The summed E-state index contributed by atoms with van der Waals surface area (Å²) in [6.07, 6.45) is 0. The molecule has 0 atom stereocenters. The molecule has 0 bridgehead atoms. The zero-order valence-corrected chi connectivity index (χ0v) is 18.3. The first kappa shape index (κ1) is 21.7. The molecule has 0 unspecified atom stereocenters. The van der Waals surface area contributed by atoms with E-state index in [0.29, 0.717) is 0 Å². The predicted octanol–water partition coefficient (Wildman–Crippen LogP) is 7.80. The topological polar surface area (TPSA) is 49.5 Å². The average Bonchev–Trinajstić information content (AvgIpc) is 2.88. The van der Waals surface area contributed by atoms with E-state index in [1.165, 1.54) is 11.1 Å². The maximum Gasteiger partial charge on any atom is 0.115 e. The first-order valence-electron chi connectivity index (χ1n) is 10.8. The van der Waals surface area contributed by atoms with E-state index in [2.05, 4.69) is 65.6 Å². The first-order chi connectivity index (χ1) is 16.2. The minimum absolute atomic E-state index is 0.265. The van der Waals surface area contributed by atoms with Gasteiger partial charge in [-0.25, -0.2) is 0 Å². The molecule has 3 nitrogen and oxygen atoms in total. The van der Waals surface area contributed by atoms with Crippen LogP contribution in [0.2, 0.25) is 0 Å². The van der Waals surface area contributed by atoms with Crippen molar-refractivity contribution in [2.45, 2.75) is 0 Å². The number of nitrogens with zero attached hydrogens (tertiary/aromatic N) is 1. The lowest BCUT2D eigenvalue weighted by Crippen LogP contribution is -2.09. The number of rotatable bonds is 4. The second-order valence-electron chi connectivity index (χ2n) is 7.51. The van der Waals surface area contributed by atoms with Crippen molar-refractivity contribution in [2.24, 2.45) is 0 Å². The van der Waals surface area contributed by atoms with Crippen LogP contribution in [0.15, 0.2) is 140 Å². The SMILES string of the molecule is Nc1ccccc1.Oc1ccc(N(c2ccccc2)c2ccc(-c3ccccc3)cc2)cc1. The van der Waals surface area contributed by atoms with Crippen molar-refractivity contribution in [1.29, 1.82) is 0 Å². The fourth-order valence-corrected chi connectivity index (χ4v) is 3.51. The van der Waals surface area contributed by atoms with E-state index < -0.39 is 0 Å². The Balaban J connectivity index is 0.000000318. The molecule has 0 aliphatic carbocycles. The number of phenols is 1. The maximum atomic E-state index is 9.62. The van der Waals surface area contributed by atoms with Crippen LogP contribution in [0.25, 0.3) is 11.1 Å². The molecule has 0 amide bonds. The molecule has 3 N–H and O–H groups in total. The van der Waals surface area contributed by atoms with E-state index in [0.717, 1.165) is 22.7 Å². The third-order valence-corrected chi connectivity index (χ3v) is 5.15. The number of phenolic OH excluding ortho intramolecular Hbond substituents is 1. The molecule has 0 aliphatic heterocycles.